The molecule has 1 heterocycles. The maximum Gasteiger partial charge on any atom is 0.265 e. The molecule has 0 aliphatic carbocycles. The number of nitrogens with one attached hydrogen (secondary N) is 1. The van der Waals surface area contributed by atoms with Crippen LogP contribution in [0.2, 0.25) is 0 Å². The number of amides is 1. The molecule has 1 N–H and O–H groups in total. The summed E-state index contributed by atoms with van der Waals surface area (Å²) in [5, 5.41) is 3.20. The van der Waals surface area contributed by atoms with Crippen molar-refractivity contribution in [2.24, 2.45) is 0 Å². The van der Waals surface area contributed by atoms with Crippen LogP contribution in [0.4, 0.5) is 14.5 Å². The summed E-state index contributed by atoms with van der Waals surface area (Å²) in [6.07, 6.45) is 0. The summed E-state index contributed by atoms with van der Waals surface area (Å²) in [6.45, 7) is 0. The lowest BCUT2D eigenvalue weighted by Crippen LogP contribution is -2.12. The largest absolute Gasteiger partial charge is 0.316 e. The van der Waals surface area contributed by atoms with Gasteiger partial charge >= 0.3 is 0 Å². The number of halogens is 2. The number of para-hydroxylation sites is 1. The molecule has 2 nitrogen and oxygen atoms in total. The van der Waals surface area contributed by atoms with Crippen LogP contribution in [0.3, 0.4) is 0 Å². The smallest absolute Gasteiger partial charge is 0.265 e. The summed E-state index contributed by atoms with van der Waals surface area (Å²) < 4.78 is 27.9. The van der Waals surface area contributed by atoms with Crippen LogP contribution in [0.25, 0.3) is 10.1 Å². The first-order chi connectivity index (χ1) is 9.65. The van der Waals surface area contributed by atoms with Gasteiger partial charge in [0.2, 0.25) is 0 Å². The quantitative estimate of drug-likeness (QED) is 0.743. The van der Waals surface area contributed by atoms with Gasteiger partial charge in [0.15, 0.2) is 0 Å². The first-order valence-electron chi connectivity index (χ1n) is 5.89. The van der Waals surface area contributed by atoms with Gasteiger partial charge in [-0.3, -0.25) is 4.79 Å². The molecule has 0 atom stereocenters. The number of anilines is 1. The molecule has 3 rings (SSSR count). The highest BCUT2D eigenvalue weighted by Gasteiger charge is 2.15. The number of thiophene rings is 1. The molecule has 0 aliphatic rings. The first-order valence-corrected chi connectivity index (χ1v) is 6.71. The van der Waals surface area contributed by atoms with Gasteiger partial charge in [-0.05, 0) is 29.7 Å². The number of fused-ring (bicyclic) bond motifs is 1. The molecule has 1 amide bonds. The predicted octanol–water partition coefficient (Wildman–Crippen LogP) is 4.43. The molecule has 0 aliphatic heterocycles. The fourth-order valence-electron chi connectivity index (χ4n) is 1.89. The summed E-state index contributed by atoms with van der Waals surface area (Å²) >= 11 is 1.28. The van der Waals surface area contributed by atoms with E-state index in [-0.39, 0.29) is 0 Å². The van der Waals surface area contributed by atoms with Gasteiger partial charge in [0.1, 0.15) is 17.3 Å². The van der Waals surface area contributed by atoms with E-state index in [0.717, 1.165) is 22.2 Å². The zero-order chi connectivity index (χ0) is 14.1. The Morgan fingerprint density at radius 3 is 2.40 bits per heavy atom. The van der Waals surface area contributed by atoms with Crippen LogP contribution >= 0.6 is 11.3 Å². The Bertz CT molecular complexity index is 744. The lowest BCUT2D eigenvalue weighted by Gasteiger charge is -2.05. The van der Waals surface area contributed by atoms with Gasteiger partial charge in [-0.2, -0.15) is 0 Å². The number of benzene rings is 2. The Morgan fingerprint density at radius 2 is 1.70 bits per heavy atom. The lowest BCUT2D eigenvalue weighted by molar-refractivity contribution is 0.102. The second-order valence-corrected chi connectivity index (χ2v) is 5.28. The molecule has 0 saturated carbocycles. The molecule has 0 spiro atoms. The van der Waals surface area contributed by atoms with Crippen molar-refractivity contribution in [1.29, 1.82) is 0 Å². The van der Waals surface area contributed by atoms with Crippen LogP contribution in [0.5, 0.6) is 0 Å². The van der Waals surface area contributed by atoms with Gasteiger partial charge in [-0.15, -0.1) is 11.3 Å². The van der Waals surface area contributed by atoms with Crippen LogP contribution < -0.4 is 5.32 Å². The van der Waals surface area contributed by atoms with Crippen LogP contribution in [0, 0.1) is 11.6 Å². The molecule has 0 radical (unpaired) electrons. The van der Waals surface area contributed by atoms with Crippen molar-refractivity contribution < 1.29 is 13.6 Å². The van der Waals surface area contributed by atoms with Crippen molar-refractivity contribution in [3.63, 3.8) is 0 Å². The molecule has 3 aromatic rings. The lowest BCUT2D eigenvalue weighted by atomic mass is 10.2. The van der Waals surface area contributed by atoms with Gasteiger partial charge in [-0.25, -0.2) is 8.78 Å². The van der Waals surface area contributed by atoms with Crippen molar-refractivity contribution in [3.8, 4) is 0 Å². The summed E-state index contributed by atoms with van der Waals surface area (Å²) in [6, 6.07) is 12.7. The Morgan fingerprint density at radius 1 is 1.00 bits per heavy atom. The molecule has 2 aromatic carbocycles. The Hall–Kier alpha value is -2.27. The molecule has 1 aromatic heterocycles. The number of hydrogen-bond acceptors (Lipinski definition) is 2. The van der Waals surface area contributed by atoms with E-state index in [9.17, 15) is 13.6 Å². The van der Waals surface area contributed by atoms with Crippen molar-refractivity contribution >= 4 is 33.0 Å². The fourth-order valence-corrected chi connectivity index (χ4v) is 2.84. The van der Waals surface area contributed by atoms with Crippen molar-refractivity contribution in [2.45, 2.75) is 0 Å². The van der Waals surface area contributed by atoms with Gasteiger partial charge < -0.3 is 5.32 Å². The van der Waals surface area contributed by atoms with Gasteiger partial charge in [-0.1, -0.05) is 24.3 Å². The van der Waals surface area contributed by atoms with Gasteiger partial charge in [0, 0.05) is 4.70 Å². The number of hydrogen-bond donors (Lipinski definition) is 1. The maximum absolute atomic E-state index is 13.5. The van der Waals surface area contributed by atoms with E-state index in [4.69, 9.17) is 0 Å². The van der Waals surface area contributed by atoms with Crippen LogP contribution in [0.15, 0.2) is 48.5 Å². The van der Waals surface area contributed by atoms with Crippen LogP contribution in [-0.4, -0.2) is 5.91 Å². The van der Waals surface area contributed by atoms with Gasteiger partial charge in [0.05, 0.1) is 4.88 Å². The van der Waals surface area contributed by atoms with E-state index in [1.54, 1.807) is 6.07 Å². The molecule has 0 bridgehead atoms. The normalized spacial score (nSPS) is 10.7. The summed E-state index contributed by atoms with van der Waals surface area (Å²) in [5.41, 5.74) is -0.421. The monoisotopic (exact) mass is 289 g/mol. The highest BCUT2D eigenvalue weighted by Crippen LogP contribution is 2.27. The molecule has 100 valence electrons. The zero-order valence-corrected chi connectivity index (χ0v) is 11.0. The standard InChI is InChI=1S/C15H9F2NOS/c16-10-5-3-6-11(17)14(10)18-15(19)13-8-9-4-1-2-7-12(9)20-13/h1-8H,(H,18,19). The third-order valence-corrected chi connectivity index (χ3v) is 3.97. The Balaban J connectivity index is 1.93. The number of carbonyl (C=O) groups is 1. The van der Waals surface area contributed by atoms with Crippen molar-refractivity contribution in [1.82, 2.24) is 0 Å². The van der Waals surface area contributed by atoms with Crippen molar-refractivity contribution in [2.75, 3.05) is 5.32 Å². The van der Waals surface area contributed by atoms with E-state index in [2.05, 4.69) is 5.32 Å². The SMILES string of the molecule is O=C(Nc1c(F)cccc1F)c1cc2ccccc2s1. The topological polar surface area (TPSA) is 29.1 Å². The summed E-state index contributed by atoms with van der Waals surface area (Å²) in [7, 11) is 0. The number of carbonyl (C=O) groups excluding carboxylic acids is 1. The molecule has 0 saturated heterocycles. The molecule has 0 fully saturated rings. The van der Waals surface area contributed by atoms with E-state index >= 15 is 0 Å². The average molecular weight is 289 g/mol. The maximum atomic E-state index is 13.5. The first kappa shape index (κ1) is 12.7. The van der Waals surface area contributed by atoms with E-state index in [0.29, 0.717) is 4.88 Å². The minimum atomic E-state index is -0.792. The third kappa shape index (κ3) is 2.28. The molecular formula is C15H9F2NOS. The molecule has 5 heteroatoms. The second-order valence-electron chi connectivity index (χ2n) is 4.20. The van der Waals surface area contributed by atoms with Gasteiger partial charge in [0.25, 0.3) is 5.91 Å². The zero-order valence-electron chi connectivity index (χ0n) is 10.2. The number of rotatable bonds is 2. The Labute approximate surface area is 117 Å². The molecule has 0 unspecified atom stereocenters. The third-order valence-electron chi connectivity index (χ3n) is 2.85. The van der Waals surface area contributed by atoms with E-state index < -0.39 is 23.2 Å². The highest BCUT2D eigenvalue weighted by atomic mass is 32.1. The predicted molar refractivity (Wildman–Crippen MR) is 76.1 cm³/mol. The summed E-state index contributed by atoms with van der Waals surface area (Å²) in [4.78, 5) is 12.5. The minimum Gasteiger partial charge on any atom is -0.316 e. The van der Waals surface area contributed by atoms with Crippen LogP contribution in [-0.2, 0) is 0 Å². The van der Waals surface area contributed by atoms with Crippen LogP contribution in [0.1, 0.15) is 9.67 Å². The fraction of sp³-hybridized carbons (Fsp3) is 0. The average Bonchev–Trinajstić information content (AvgIpc) is 2.87. The minimum absolute atomic E-state index is 0.411. The summed E-state index contributed by atoms with van der Waals surface area (Å²) in [5.74, 6) is -2.10. The van der Waals surface area contributed by atoms with Crippen molar-refractivity contribution in [3.05, 3.63) is 65.0 Å². The highest BCUT2D eigenvalue weighted by molar-refractivity contribution is 7.20. The molecule has 20 heavy (non-hydrogen) atoms. The van der Waals surface area contributed by atoms with E-state index in [1.165, 1.54) is 17.4 Å². The molecular weight excluding hydrogens is 280 g/mol. The van der Waals surface area contributed by atoms with E-state index in [1.807, 2.05) is 24.3 Å². The second kappa shape index (κ2) is 5.02. The Kier molecular flexibility index (Phi) is 3.20.